The van der Waals surface area contributed by atoms with Gasteiger partial charge in [0.05, 0.1) is 19.1 Å². The molecule has 1 heterocycles. The highest BCUT2D eigenvalue weighted by Gasteiger charge is 2.20. The fourth-order valence-electron chi connectivity index (χ4n) is 4.06. The zero-order valence-corrected chi connectivity index (χ0v) is 18.7. The van der Waals surface area contributed by atoms with Crippen LogP contribution in [0, 0.1) is 0 Å². The molecule has 0 bridgehead atoms. The summed E-state index contributed by atoms with van der Waals surface area (Å²) in [5.74, 6) is 1.50. The van der Waals surface area contributed by atoms with Gasteiger partial charge in [-0.25, -0.2) is 13.1 Å². The molecule has 4 rings (SSSR count). The van der Waals surface area contributed by atoms with Gasteiger partial charge in [0, 0.05) is 19.6 Å². The Morgan fingerprint density at radius 1 is 0.935 bits per heavy atom. The Hall–Kier alpha value is -2.61. The summed E-state index contributed by atoms with van der Waals surface area (Å²) in [7, 11) is -0.223. The van der Waals surface area contributed by atoms with E-state index in [1.165, 1.54) is 11.1 Å². The lowest BCUT2D eigenvalue weighted by atomic mass is 9.98. The smallest absolute Gasteiger partial charge is 0.240 e. The van der Waals surface area contributed by atoms with Gasteiger partial charge in [-0.05, 0) is 65.6 Å². The second-order valence-electron chi connectivity index (χ2n) is 7.76. The monoisotopic (exact) mass is 440 g/mol. The quantitative estimate of drug-likeness (QED) is 0.542. The SMILES string of the molecule is COc1cc2c(cc1OC)CN(CCCNS(=O)(=O)c1ccc3ccccc3c1)CC2. The van der Waals surface area contributed by atoms with Crippen LogP contribution in [-0.4, -0.2) is 47.2 Å². The van der Waals surface area contributed by atoms with Crippen LogP contribution in [0.25, 0.3) is 10.8 Å². The molecule has 0 aliphatic carbocycles. The third-order valence-corrected chi connectivity index (χ3v) is 7.23. The molecule has 1 aliphatic rings. The van der Waals surface area contributed by atoms with Gasteiger partial charge in [-0.15, -0.1) is 0 Å². The van der Waals surface area contributed by atoms with Crippen LogP contribution in [0.15, 0.2) is 59.5 Å². The summed E-state index contributed by atoms with van der Waals surface area (Å²) in [5.41, 5.74) is 2.52. The maximum Gasteiger partial charge on any atom is 0.240 e. The summed E-state index contributed by atoms with van der Waals surface area (Å²) in [5, 5.41) is 1.95. The van der Waals surface area contributed by atoms with E-state index in [0.29, 0.717) is 11.4 Å². The third kappa shape index (κ3) is 4.84. The lowest BCUT2D eigenvalue weighted by Gasteiger charge is -2.29. The number of benzene rings is 3. The first-order valence-corrected chi connectivity index (χ1v) is 11.9. The minimum atomic E-state index is -3.52. The van der Waals surface area contributed by atoms with Crippen molar-refractivity contribution >= 4 is 20.8 Å². The van der Waals surface area contributed by atoms with Crippen molar-refractivity contribution in [3.8, 4) is 11.5 Å². The Balaban J connectivity index is 1.32. The molecule has 0 saturated heterocycles. The first-order chi connectivity index (χ1) is 15.0. The highest BCUT2D eigenvalue weighted by atomic mass is 32.2. The fourth-order valence-corrected chi connectivity index (χ4v) is 5.17. The molecule has 1 N–H and O–H groups in total. The molecule has 0 spiro atoms. The van der Waals surface area contributed by atoms with E-state index in [9.17, 15) is 8.42 Å². The fraction of sp³-hybridized carbons (Fsp3) is 0.333. The van der Waals surface area contributed by atoms with Crippen molar-refractivity contribution in [1.29, 1.82) is 0 Å². The summed E-state index contributed by atoms with van der Waals surface area (Å²) in [6.45, 7) is 3.01. The van der Waals surface area contributed by atoms with E-state index in [4.69, 9.17) is 9.47 Å². The largest absolute Gasteiger partial charge is 0.493 e. The summed E-state index contributed by atoms with van der Waals surface area (Å²) >= 11 is 0. The zero-order chi connectivity index (χ0) is 21.8. The molecule has 0 amide bonds. The van der Waals surface area contributed by atoms with Crippen molar-refractivity contribution in [2.24, 2.45) is 0 Å². The molecule has 0 fully saturated rings. The van der Waals surface area contributed by atoms with Crippen molar-refractivity contribution < 1.29 is 17.9 Å². The van der Waals surface area contributed by atoms with Crippen molar-refractivity contribution in [1.82, 2.24) is 9.62 Å². The van der Waals surface area contributed by atoms with E-state index in [1.54, 1.807) is 26.4 Å². The van der Waals surface area contributed by atoms with E-state index in [1.807, 2.05) is 36.4 Å². The predicted molar refractivity (Wildman–Crippen MR) is 122 cm³/mol. The normalized spacial score (nSPS) is 14.4. The number of nitrogens with zero attached hydrogens (tertiary/aromatic N) is 1. The molecule has 0 atom stereocenters. The number of nitrogens with one attached hydrogen (secondary N) is 1. The molecule has 0 radical (unpaired) electrons. The van der Waals surface area contributed by atoms with Gasteiger partial charge >= 0.3 is 0 Å². The maximum absolute atomic E-state index is 12.7. The van der Waals surface area contributed by atoms with Crippen molar-refractivity contribution in [3.63, 3.8) is 0 Å². The maximum atomic E-state index is 12.7. The van der Waals surface area contributed by atoms with Crippen LogP contribution in [-0.2, 0) is 23.0 Å². The van der Waals surface area contributed by atoms with Gasteiger partial charge in [0.25, 0.3) is 0 Å². The van der Waals surface area contributed by atoms with Crippen LogP contribution in [0.5, 0.6) is 11.5 Å². The molecule has 3 aromatic rings. The molecule has 1 aliphatic heterocycles. The second-order valence-corrected chi connectivity index (χ2v) is 9.53. The van der Waals surface area contributed by atoms with Gasteiger partial charge in [0.1, 0.15) is 0 Å². The van der Waals surface area contributed by atoms with E-state index < -0.39 is 10.0 Å². The topological polar surface area (TPSA) is 67.9 Å². The molecule has 0 unspecified atom stereocenters. The van der Waals surface area contributed by atoms with E-state index in [-0.39, 0.29) is 0 Å². The lowest BCUT2D eigenvalue weighted by molar-refractivity contribution is 0.250. The average Bonchev–Trinajstić information content (AvgIpc) is 2.80. The van der Waals surface area contributed by atoms with Crippen LogP contribution in [0.1, 0.15) is 17.5 Å². The van der Waals surface area contributed by atoms with Crippen molar-refractivity contribution in [3.05, 3.63) is 65.7 Å². The Morgan fingerprint density at radius 3 is 2.39 bits per heavy atom. The Labute approximate surface area is 183 Å². The van der Waals surface area contributed by atoms with E-state index >= 15 is 0 Å². The van der Waals surface area contributed by atoms with Crippen LogP contribution < -0.4 is 14.2 Å². The van der Waals surface area contributed by atoms with Crippen LogP contribution >= 0.6 is 0 Å². The summed E-state index contributed by atoms with van der Waals surface area (Å²) in [6, 6.07) is 17.1. The number of rotatable bonds is 8. The molecule has 0 aromatic heterocycles. The molecule has 0 saturated carbocycles. The zero-order valence-electron chi connectivity index (χ0n) is 17.9. The minimum absolute atomic E-state index is 0.305. The number of fused-ring (bicyclic) bond motifs is 2. The van der Waals surface area contributed by atoms with E-state index in [0.717, 1.165) is 54.7 Å². The molecular formula is C24H28N2O4S. The number of ether oxygens (including phenoxy) is 2. The Bertz CT molecular complexity index is 1180. The van der Waals surface area contributed by atoms with E-state index in [2.05, 4.69) is 15.7 Å². The van der Waals surface area contributed by atoms with Gasteiger partial charge in [0.15, 0.2) is 11.5 Å². The molecule has 31 heavy (non-hydrogen) atoms. The highest BCUT2D eigenvalue weighted by Crippen LogP contribution is 2.33. The first kappa shape index (κ1) is 21.6. The van der Waals surface area contributed by atoms with Gasteiger partial charge < -0.3 is 9.47 Å². The third-order valence-electron chi connectivity index (χ3n) is 5.77. The summed E-state index contributed by atoms with van der Waals surface area (Å²) in [6.07, 6.45) is 1.69. The van der Waals surface area contributed by atoms with Gasteiger partial charge in [-0.2, -0.15) is 0 Å². The predicted octanol–water partition coefficient (Wildman–Crippen LogP) is 3.58. The number of methoxy groups -OCH3 is 2. The van der Waals surface area contributed by atoms with Gasteiger partial charge in [0.2, 0.25) is 10.0 Å². The first-order valence-electron chi connectivity index (χ1n) is 10.4. The van der Waals surface area contributed by atoms with Gasteiger partial charge in [-0.3, -0.25) is 4.90 Å². The van der Waals surface area contributed by atoms with Crippen molar-refractivity contribution in [2.75, 3.05) is 33.9 Å². The Kier molecular flexibility index (Phi) is 6.46. The van der Waals surface area contributed by atoms with Crippen LogP contribution in [0.4, 0.5) is 0 Å². The molecule has 3 aromatic carbocycles. The number of hydrogen-bond acceptors (Lipinski definition) is 5. The highest BCUT2D eigenvalue weighted by molar-refractivity contribution is 7.89. The lowest BCUT2D eigenvalue weighted by Crippen LogP contribution is -2.33. The number of hydrogen-bond donors (Lipinski definition) is 1. The van der Waals surface area contributed by atoms with Crippen LogP contribution in [0.3, 0.4) is 0 Å². The standard InChI is InChI=1S/C24H28N2O4S/c1-29-23-15-20-10-13-26(17-21(20)16-24(23)30-2)12-5-11-25-31(27,28)22-9-8-18-6-3-4-7-19(18)14-22/h3-4,6-9,14-16,25H,5,10-13,17H2,1-2H3. The molecule has 7 heteroatoms. The second kappa shape index (κ2) is 9.26. The summed E-state index contributed by atoms with van der Waals surface area (Å²) < 4.78 is 38.9. The Morgan fingerprint density at radius 2 is 1.65 bits per heavy atom. The molecular weight excluding hydrogens is 412 g/mol. The summed E-state index contributed by atoms with van der Waals surface area (Å²) in [4.78, 5) is 2.65. The average molecular weight is 441 g/mol. The molecule has 6 nitrogen and oxygen atoms in total. The van der Waals surface area contributed by atoms with Crippen molar-refractivity contribution in [2.45, 2.75) is 24.3 Å². The van der Waals surface area contributed by atoms with Crippen LogP contribution in [0.2, 0.25) is 0 Å². The molecule has 164 valence electrons. The van der Waals surface area contributed by atoms with Gasteiger partial charge in [-0.1, -0.05) is 30.3 Å². The number of sulfonamides is 1. The minimum Gasteiger partial charge on any atom is -0.493 e.